The van der Waals surface area contributed by atoms with Crippen LogP contribution < -0.4 is 11.3 Å². The first-order valence-corrected chi connectivity index (χ1v) is 6.68. The second-order valence-corrected chi connectivity index (χ2v) is 4.91. The molecule has 4 heteroatoms. The van der Waals surface area contributed by atoms with Crippen molar-refractivity contribution in [2.24, 2.45) is 5.73 Å². The molecule has 1 aliphatic carbocycles. The minimum absolute atomic E-state index is 0.102. The first-order valence-electron chi connectivity index (χ1n) is 6.68. The molecule has 0 fully saturated rings. The van der Waals surface area contributed by atoms with Crippen LogP contribution in [0.15, 0.2) is 35.1 Å². The van der Waals surface area contributed by atoms with Gasteiger partial charge in [0, 0.05) is 18.2 Å². The van der Waals surface area contributed by atoms with Gasteiger partial charge in [-0.15, -0.1) is 0 Å². The van der Waals surface area contributed by atoms with Crippen LogP contribution in [0, 0.1) is 0 Å². The third-order valence-electron chi connectivity index (χ3n) is 3.60. The average molecular weight is 255 g/mol. The van der Waals surface area contributed by atoms with E-state index in [1.807, 2.05) is 0 Å². The molecule has 1 heterocycles. The van der Waals surface area contributed by atoms with Gasteiger partial charge >= 0.3 is 0 Å². The number of rotatable bonds is 3. The fourth-order valence-corrected chi connectivity index (χ4v) is 2.62. The molecule has 4 nitrogen and oxygen atoms in total. The molecule has 0 unspecified atom stereocenters. The van der Waals surface area contributed by atoms with Gasteiger partial charge in [0.05, 0.1) is 12.2 Å². The van der Waals surface area contributed by atoms with Crippen LogP contribution in [0.2, 0.25) is 0 Å². The van der Waals surface area contributed by atoms with Gasteiger partial charge in [0.1, 0.15) is 0 Å². The van der Waals surface area contributed by atoms with Crippen molar-refractivity contribution in [3.05, 3.63) is 51.8 Å². The number of hydrogen-bond acceptors (Lipinski definition) is 3. The van der Waals surface area contributed by atoms with E-state index in [-0.39, 0.29) is 5.56 Å². The lowest BCUT2D eigenvalue weighted by Crippen LogP contribution is -2.25. The van der Waals surface area contributed by atoms with Crippen LogP contribution in [0.1, 0.15) is 17.5 Å². The number of aryl methyl sites for hydroxylation is 2. The van der Waals surface area contributed by atoms with Gasteiger partial charge in [-0.25, -0.2) is 4.68 Å². The maximum absolute atomic E-state index is 11.6. The normalized spacial score (nSPS) is 13.5. The Labute approximate surface area is 111 Å². The van der Waals surface area contributed by atoms with Crippen LogP contribution >= 0.6 is 0 Å². The van der Waals surface area contributed by atoms with Gasteiger partial charge in [-0.05, 0) is 42.5 Å². The molecule has 0 bridgehead atoms. The van der Waals surface area contributed by atoms with E-state index in [0.29, 0.717) is 13.1 Å². The number of aromatic nitrogens is 2. The van der Waals surface area contributed by atoms with Crippen LogP contribution in [0.25, 0.3) is 11.3 Å². The summed E-state index contributed by atoms with van der Waals surface area (Å²) in [6, 6.07) is 9.81. The molecule has 0 spiro atoms. The zero-order chi connectivity index (χ0) is 13.2. The standard InChI is InChI=1S/C15H17N3O/c16-8-9-18-15(19)7-6-14(17-18)13-5-4-11-2-1-3-12(11)10-13/h4-7,10H,1-3,8-9,16H2. The minimum Gasteiger partial charge on any atom is -0.329 e. The van der Waals surface area contributed by atoms with Gasteiger partial charge in [-0.3, -0.25) is 4.79 Å². The maximum atomic E-state index is 11.6. The Morgan fingerprint density at radius 3 is 2.84 bits per heavy atom. The number of nitrogens with two attached hydrogens (primary N) is 1. The van der Waals surface area contributed by atoms with E-state index in [4.69, 9.17) is 5.73 Å². The van der Waals surface area contributed by atoms with Gasteiger partial charge < -0.3 is 5.73 Å². The second-order valence-electron chi connectivity index (χ2n) is 4.91. The molecule has 1 aromatic heterocycles. The molecule has 1 aromatic carbocycles. The summed E-state index contributed by atoms with van der Waals surface area (Å²) in [4.78, 5) is 11.6. The number of hydrogen-bond donors (Lipinski definition) is 1. The molecule has 2 N–H and O–H groups in total. The van der Waals surface area contributed by atoms with Crippen molar-refractivity contribution in [1.29, 1.82) is 0 Å². The van der Waals surface area contributed by atoms with Crippen molar-refractivity contribution in [2.75, 3.05) is 6.54 Å². The van der Waals surface area contributed by atoms with E-state index in [0.717, 1.165) is 17.7 Å². The third kappa shape index (κ3) is 2.31. The Morgan fingerprint density at radius 1 is 1.16 bits per heavy atom. The Morgan fingerprint density at radius 2 is 2.00 bits per heavy atom. The number of fused-ring (bicyclic) bond motifs is 1. The molecule has 0 saturated heterocycles. The van der Waals surface area contributed by atoms with Gasteiger partial charge in [0.25, 0.3) is 5.56 Å². The largest absolute Gasteiger partial charge is 0.329 e. The average Bonchev–Trinajstić information content (AvgIpc) is 2.89. The Kier molecular flexibility index (Phi) is 3.17. The fourth-order valence-electron chi connectivity index (χ4n) is 2.62. The van der Waals surface area contributed by atoms with E-state index in [9.17, 15) is 4.79 Å². The molecule has 0 amide bonds. The summed E-state index contributed by atoms with van der Waals surface area (Å²) in [6.45, 7) is 0.873. The summed E-state index contributed by atoms with van der Waals surface area (Å²) in [5.74, 6) is 0. The molecule has 1 aliphatic rings. The topological polar surface area (TPSA) is 60.9 Å². The van der Waals surface area contributed by atoms with Crippen LogP contribution in [-0.2, 0) is 19.4 Å². The van der Waals surface area contributed by atoms with E-state index in [2.05, 4.69) is 23.3 Å². The zero-order valence-electron chi connectivity index (χ0n) is 10.8. The molecule has 0 saturated carbocycles. The molecule has 0 radical (unpaired) electrons. The molecule has 2 aromatic rings. The number of benzene rings is 1. The highest BCUT2D eigenvalue weighted by Gasteiger charge is 2.12. The molecular formula is C15H17N3O. The minimum atomic E-state index is -0.102. The first-order chi connectivity index (χ1) is 9.28. The summed E-state index contributed by atoms with van der Waals surface area (Å²) in [5, 5.41) is 4.38. The first kappa shape index (κ1) is 12.1. The van der Waals surface area contributed by atoms with E-state index >= 15 is 0 Å². The summed E-state index contributed by atoms with van der Waals surface area (Å²) >= 11 is 0. The van der Waals surface area contributed by atoms with Crippen LogP contribution in [-0.4, -0.2) is 16.3 Å². The Hall–Kier alpha value is -1.94. The third-order valence-corrected chi connectivity index (χ3v) is 3.60. The lowest BCUT2D eigenvalue weighted by atomic mass is 10.0. The zero-order valence-corrected chi connectivity index (χ0v) is 10.8. The molecule has 0 aliphatic heterocycles. The lowest BCUT2D eigenvalue weighted by molar-refractivity contribution is 0.590. The molecular weight excluding hydrogens is 238 g/mol. The predicted molar refractivity (Wildman–Crippen MR) is 75.0 cm³/mol. The fraction of sp³-hybridized carbons (Fsp3) is 0.333. The molecule has 0 atom stereocenters. The van der Waals surface area contributed by atoms with Crippen molar-refractivity contribution in [1.82, 2.24) is 9.78 Å². The van der Waals surface area contributed by atoms with Crippen LogP contribution in [0.5, 0.6) is 0 Å². The molecule has 19 heavy (non-hydrogen) atoms. The smallest absolute Gasteiger partial charge is 0.266 e. The quantitative estimate of drug-likeness (QED) is 0.900. The summed E-state index contributed by atoms with van der Waals surface area (Å²) in [7, 11) is 0. The van der Waals surface area contributed by atoms with Gasteiger partial charge in [-0.2, -0.15) is 5.10 Å². The molecule has 98 valence electrons. The van der Waals surface area contributed by atoms with Crippen molar-refractivity contribution in [3.63, 3.8) is 0 Å². The second kappa shape index (κ2) is 4.97. The van der Waals surface area contributed by atoms with Crippen molar-refractivity contribution in [2.45, 2.75) is 25.8 Å². The lowest BCUT2D eigenvalue weighted by Gasteiger charge is -2.07. The van der Waals surface area contributed by atoms with E-state index in [1.165, 1.54) is 28.7 Å². The SMILES string of the molecule is NCCn1nc(-c2ccc3c(c2)CCC3)ccc1=O. The Balaban J connectivity index is 2.02. The van der Waals surface area contributed by atoms with Crippen molar-refractivity contribution < 1.29 is 0 Å². The van der Waals surface area contributed by atoms with Gasteiger partial charge in [0.15, 0.2) is 0 Å². The maximum Gasteiger partial charge on any atom is 0.266 e. The predicted octanol–water partition coefficient (Wildman–Crippen LogP) is 1.36. The highest BCUT2D eigenvalue weighted by atomic mass is 16.1. The van der Waals surface area contributed by atoms with E-state index in [1.54, 1.807) is 12.1 Å². The van der Waals surface area contributed by atoms with Gasteiger partial charge in [-0.1, -0.05) is 12.1 Å². The van der Waals surface area contributed by atoms with Crippen LogP contribution in [0.4, 0.5) is 0 Å². The Bertz CT molecular complexity index is 661. The van der Waals surface area contributed by atoms with Crippen LogP contribution in [0.3, 0.4) is 0 Å². The summed E-state index contributed by atoms with van der Waals surface area (Å²) in [5.41, 5.74) is 10.2. The number of nitrogens with zero attached hydrogens (tertiary/aromatic N) is 2. The van der Waals surface area contributed by atoms with E-state index < -0.39 is 0 Å². The highest BCUT2D eigenvalue weighted by Crippen LogP contribution is 2.26. The van der Waals surface area contributed by atoms with Crippen molar-refractivity contribution >= 4 is 0 Å². The monoisotopic (exact) mass is 255 g/mol. The van der Waals surface area contributed by atoms with Crippen molar-refractivity contribution in [3.8, 4) is 11.3 Å². The van der Waals surface area contributed by atoms with Gasteiger partial charge in [0.2, 0.25) is 0 Å². The summed E-state index contributed by atoms with van der Waals surface area (Å²) < 4.78 is 1.43. The highest BCUT2D eigenvalue weighted by molar-refractivity contribution is 5.61. The summed E-state index contributed by atoms with van der Waals surface area (Å²) in [6.07, 6.45) is 3.56. The molecule has 3 rings (SSSR count).